The molecule has 0 spiro atoms. The highest BCUT2D eigenvalue weighted by Gasteiger charge is 2.30. The highest BCUT2D eigenvalue weighted by molar-refractivity contribution is 9.10. The van der Waals surface area contributed by atoms with E-state index < -0.39 is 11.6 Å². The van der Waals surface area contributed by atoms with E-state index in [1.54, 1.807) is 12.1 Å². The van der Waals surface area contributed by atoms with E-state index in [4.69, 9.17) is 4.52 Å². The van der Waals surface area contributed by atoms with Gasteiger partial charge in [-0.3, -0.25) is 10.0 Å². The standard InChI is InChI=1S/C18H14BrF2N5O/c1-10-16(25(2)24-26(10)15-6-4-3-5-13(15)19)18-22-17(23-27-18)12-9-11(20)7-8-14(12)21/h3-9,24H,1-2H3. The molecule has 0 amide bonds. The van der Waals surface area contributed by atoms with E-state index in [-0.39, 0.29) is 17.3 Å². The van der Waals surface area contributed by atoms with Crippen molar-refractivity contribution in [1.29, 1.82) is 0 Å². The number of rotatable bonds is 3. The molecule has 138 valence electrons. The number of halogens is 3. The van der Waals surface area contributed by atoms with Crippen molar-refractivity contribution in [2.24, 2.45) is 0 Å². The molecular formula is C18H14BrF2N5O. The number of hydrogen-bond donors (Lipinski definition) is 1. The van der Waals surface area contributed by atoms with Crippen LogP contribution in [0.2, 0.25) is 0 Å². The maximum absolute atomic E-state index is 14.0. The number of aromatic nitrogens is 2. The van der Waals surface area contributed by atoms with Crippen LogP contribution in [-0.4, -0.2) is 22.2 Å². The summed E-state index contributed by atoms with van der Waals surface area (Å²) in [7, 11) is 1.79. The number of nitrogens with zero attached hydrogens (tertiary/aromatic N) is 4. The van der Waals surface area contributed by atoms with Crippen LogP contribution in [0.1, 0.15) is 12.8 Å². The molecule has 0 saturated carbocycles. The van der Waals surface area contributed by atoms with Crippen LogP contribution in [-0.2, 0) is 0 Å². The first kappa shape index (κ1) is 17.6. The van der Waals surface area contributed by atoms with E-state index in [0.29, 0.717) is 5.70 Å². The Balaban J connectivity index is 1.74. The molecule has 0 atom stereocenters. The zero-order valence-electron chi connectivity index (χ0n) is 14.4. The van der Waals surface area contributed by atoms with Crippen molar-refractivity contribution in [1.82, 2.24) is 20.7 Å². The first-order chi connectivity index (χ1) is 13.0. The third-order valence-corrected chi connectivity index (χ3v) is 4.83. The maximum atomic E-state index is 14.0. The van der Waals surface area contributed by atoms with Crippen molar-refractivity contribution in [3.05, 3.63) is 70.2 Å². The second kappa shape index (κ2) is 6.75. The van der Waals surface area contributed by atoms with E-state index in [0.717, 1.165) is 34.1 Å². The maximum Gasteiger partial charge on any atom is 0.277 e. The van der Waals surface area contributed by atoms with Crippen LogP contribution in [0.25, 0.3) is 17.1 Å². The highest BCUT2D eigenvalue weighted by Crippen LogP contribution is 2.35. The zero-order valence-corrected chi connectivity index (χ0v) is 16.0. The molecule has 0 saturated heterocycles. The Hall–Kier alpha value is -2.78. The average molecular weight is 434 g/mol. The van der Waals surface area contributed by atoms with Crippen LogP contribution >= 0.6 is 15.9 Å². The number of anilines is 1. The van der Waals surface area contributed by atoms with E-state index >= 15 is 0 Å². The van der Waals surface area contributed by atoms with Crippen molar-refractivity contribution in [3.8, 4) is 11.4 Å². The Morgan fingerprint density at radius 3 is 2.70 bits per heavy atom. The Morgan fingerprint density at radius 2 is 1.93 bits per heavy atom. The molecule has 0 fully saturated rings. The molecule has 2 heterocycles. The molecule has 4 rings (SSSR count). The number of allylic oxidation sites excluding steroid dienone is 1. The van der Waals surface area contributed by atoms with Crippen LogP contribution in [0, 0.1) is 11.6 Å². The largest absolute Gasteiger partial charge is 0.332 e. The second-order valence-electron chi connectivity index (χ2n) is 5.93. The molecule has 0 aliphatic carbocycles. The summed E-state index contributed by atoms with van der Waals surface area (Å²) in [5, 5.41) is 7.38. The molecule has 1 aliphatic rings. The normalized spacial score (nSPS) is 14.4. The van der Waals surface area contributed by atoms with Crippen molar-refractivity contribution >= 4 is 27.3 Å². The first-order valence-electron chi connectivity index (χ1n) is 8.01. The summed E-state index contributed by atoms with van der Waals surface area (Å²) in [6.45, 7) is 1.89. The van der Waals surface area contributed by atoms with Gasteiger partial charge in [0.2, 0.25) is 5.82 Å². The zero-order chi connectivity index (χ0) is 19.1. The predicted molar refractivity (Wildman–Crippen MR) is 99.8 cm³/mol. The number of hydrogen-bond acceptors (Lipinski definition) is 6. The van der Waals surface area contributed by atoms with Gasteiger partial charge in [-0.05, 0) is 53.2 Å². The van der Waals surface area contributed by atoms with Crippen LogP contribution in [0.5, 0.6) is 0 Å². The third kappa shape index (κ3) is 3.08. The van der Waals surface area contributed by atoms with Crippen molar-refractivity contribution in [2.75, 3.05) is 12.1 Å². The molecule has 0 radical (unpaired) electrons. The van der Waals surface area contributed by atoms with Gasteiger partial charge in [0.25, 0.3) is 5.89 Å². The minimum atomic E-state index is -0.623. The van der Waals surface area contributed by atoms with Gasteiger partial charge in [0.15, 0.2) is 0 Å². The third-order valence-electron chi connectivity index (χ3n) is 4.15. The van der Waals surface area contributed by atoms with Gasteiger partial charge in [0.05, 0.1) is 16.9 Å². The fraction of sp³-hybridized carbons (Fsp3) is 0.111. The second-order valence-corrected chi connectivity index (χ2v) is 6.78. The molecule has 1 aliphatic heterocycles. The van der Waals surface area contributed by atoms with Gasteiger partial charge in [-0.15, -0.1) is 5.53 Å². The Morgan fingerprint density at radius 1 is 1.15 bits per heavy atom. The van der Waals surface area contributed by atoms with Crippen LogP contribution in [0.4, 0.5) is 14.5 Å². The number of benzene rings is 2. The van der Waals surface area contributed by atoms with Gasteiger partial charge >= 0.3 is 0 Å². The van der Waals surface area contributed by atoms with Gasteiger partial charge in [-0.1, -0.05) is 17.3 Å². The summed E-state index contributed by atoms with van der Waals surface area (Å²) in [5.41, 5.74) is 5.45. The predicted octanol–water partition coefficient (Wildman–Crippen LogP) is 4.34. The monoisotopic (exact) mass is 433 g/mol. The molecule has 2 aromatic carbocycles. The first-order valence-corrected chi connectivity index (χ1v) is 8.80. The Labute approximate surface area is 162 Å². The molecule has 27 heavy (non-hydrogen) atoms. The Kier molecular flexibility index (Phi) is 4.40. The van der Waals surface area contributed by atoms with Crippen LogP contribution in [0.3, 0.4) is 0 Å². The molecule has 3 aromatic rings. The van der Waals surface area contributed by atoms with Gasteiger partial charge in [0, 0.05) is 11.5 Å². The van der Waals surface area contributed by atoms with E-state index in [1.807, 2.05) is 36.2 Å². The number of para-hydroxylation sites is 1. The van der Waals surface area contributed by atoms with Crippen molar-refractivity contribution in [3.63, 3.8) is 0 Å². The average Bonchev–Trinajstić information content (AvgIpc) is 3.22. The molecule has 6 nitrogen and oxygen atoms in total. The minimum Gasteiger partial charge on any atom is -0.332 e. The van der Waals surface area contributed by atoms with Gasteiger partial charge in [-0.25, -0.2) is 8.78 Å². The summed E-state index contributed by atoms with van der Waals surface area (Å²) in [6, 6.07) is 10.8. The SMILES string of the molecule is CC1=C(c2nc(-c3cc(F)ccc3F)no2)N(C)NN1c1ccccc1Br. The lowest BCUT2D eigenvalue weighted by atomic mass is 10.2. The topological polar surface area (TPSA) is 57.4 Å². The van der Waals surface area contributed by atoms with Crippen LogP contribution < -0.4 is 10.5 Å². The molecule has 0 bridgehead atoms. The number of hydrazine groups is 2. The molecule has 1 N–H and O–H groups in total. The van der Waals surface area contributed by atoms with Gasteiger partial charge in [-0.2, -0.15) is 4.98 Å². The Bertz CT molecular complexity index is 1050. The summed E-state index contributed by atoms with van der Waals surface area (Å²) in [5.74, 6) is -1.03. The fourth-order valence-electron chi connectivity index (χ4n) is 2.89. The van der Waals surface area contributed by atoms with E-state index in [1.165, 1.54) is 0 Å². The number of nitrogens with one attached hydrogen (secondary N) is 1. The van der Waals surface area contributed by atoms with Gasteiger partial charge in [0.1, 0.15) is 17.3 Å². The van der Waals surface area contributed by atoms with Crippen LogP contribution in [0.15, 0.2) is 57.2 Å². The van der Waals surface area contributed by atoms with E-state index in [2.05, 4.69) is 31.6 Å². The van der Waals surface area contributed by atoms with Gasteiger partial charge < -0.3 is 4.52 Å². The molecular weight excluding hydrogens is 420 g/mol. The highest BCUT2D eigenvalue weighted by atomic mass is 79.9. The lowest BCUT2D eigenvalue weighted by Gasteiger charge is -2.22. The summed E-state index contributed by atoms with van der Waals surface area (Å²) < 4.78 is 33.7. The molecule has 0 unspecified atom stereocenters. The molecule has 1 aromatic heterocycles. The lowest BCUT2D eigenvalue weighted by molar-refractivity contribution is 0.345. The quantitative estimate of drug-likeness (QED) is 0.662. The summed E-state index contributed by atoms with van der Waals surface area (Å²) in [4.78, 5) is 4.25. The summed E-state index contributed by atoms with van der Waals surface area (Å²) >= 11 is 3.53. The van der Waals surface area contributed by atoms with Crippen molar-refractivity contribution < 1.29 is 13.3 Å². The minimum absolute atomic E-state index is 0.0185. The summed E-state index contributed by atoms with van der Waals surface area (Å²) in [6.07, 6.45) is 0. The van der Waals surface area contributed by atoms with E-state index in [9.17, 15) is 8.78 Å². The molecule has 9 heteroatoms. The smallest absolute Gasteiger partial charge is 0.277 e. The van der Waals surface area contributed by atoms with Crippen molar-refractivity contribution in [2.45, 2.75) is 6.92 Å². The lowest BCUT2D eigenvalue weighted by Crippen LogP contribution is -2.39. The fourth-order valence-corrected chi connectivity index (χ4v) is 3.35.